The SMILES string of the molecule is c1ccc(-c2cc3ccccc3o2)c(-c2ccc(N(c3ccc(-c4ccc5c(ccc6ccccc65)c4)cc3)c3ccc4c(ccc5ccccc54)c3)cc2)c1. The molecule has 0 saturated heterocycles. The van der Waals surface area contributed by atoms with Gasteiger partial charge in [-0.25, -0.2) is 0 Å². The van der Waals surface area contributed by atoms with Gasteiger partial charge in [0, 0.05) is 28.0 Å². The smallest absolute Gasteiger partial charge is 0.136 e. The third-order valence-electron chi connectivity index (χ3n) is 11.2. The van der Waals surface area contributed by atoms with Gasteiger partial charge in [-0.1, -0.05) is 158 Å². The zero-order valence-corrected chi connectivity index (χ0v) is 30.6. The quantitative estimate of drug-likeness (QED) is 0.160. The molecule has 11 rings (SSSR count). The molecule has 2 nitrogen and oxygen atoms in total. The first kappa shape index (κ1) is 32.0. The fourth-order valence-electron chi connectivity index (χ4n) is 8.44. The number of fused-ring (bicyclic) bond motifs is 7. The summed E-state index contributed by atoms with van der Waals surface area (Å²) in [5, 5.41) is 11.2. The van der Waals surface area contributed by atoms with Gasteiger partial charge in [0.15, 0.2) is 0 Å². The lowest BCUT2D eigenvalue weighted by Crippen LogP contribution is -2.09. The van der Waals surface area contributed by atoms with Crippen molar-refractivity contribution in [3.63, 3.8) is 0 Å². The topological polar surface area (TPSA) is 16.4 Å². The molecular weight excluding hydrogens is 679 g/mol. The highest BCUT2D eigenvalue weighted by Crippen LogP contribution is 2.41. The molecule has 262 valence electrons. The number of hydrogen-bond acceptors (Lipinski definition) is 2. The van der Waals surface area contributed by atoms with Crippen LogP contribution in [0.1, 0.15) is 0 Å². The summed E-state index contributed by atoms with van der Waals surface area (Å²) < 4.78 is 6.33. The van der Waals surface area contributed by atoms with Crippen molar-refractivity contribution >= 4 is 71.1 Å². The fraction of sp³-hybridized carbons (Fsp3) is 0. The van der Waals surface area contributed by atoms with E-state index in [1.165, 1.54) is 54.2 Å². The van der Waals surface area contributed by atoms with Crippen molar-refractivity contribution in [1.29, 1.82) is 0 Å². The Labute approximate surface area is 325 Å². The molecule has 0 atom stereocenters. The molecule has 0 amide bonds. The first-order chi connectivity index (χ1) is 27.7. The minimum atomic E-state index is 0.871. The summed E-state index contributed by atoms with van der Waals surface area (Å²) in [5.41, 5.74) is 9.91. The van der Waals surface area contributed by atoms with Crippen molar-refractivity contribution < 1.29 is 4.42 Å². The zero-order chi connectivity index (χ0) is 37.0. The van der Waals surface area contributed by atoms with Gasteiger partial charge in [0.25, 0.3) is 0 Å². The Morgan fingerprint density at radius 2 is 0.768 bits per heavy atom. The van der Waals surface area contributed by atoms with Crippen LogP contribution < -0.4 is 4.90 Å². The van der Waals surface area contributed by atoms with Crippen LogP contribution in [0.25, 0.3) is 87.6 Å². The summed E-state index contributed by atoms with van der Waals surface area (Å²) in [7, 11) is 0. The lowest BCUT2D eigenvalue weighted by Gasteiger charge is -2.26. The highest BCUT2D eigenvalue weighted by atomic mass is 16.3. The molecule has 2 heteroatoms. The van der Waals surface area contributed by atoms with Gasteiger partial charge >= 0.3 is 0 Å². The minimum absolute atomic E-state index is 0.871. The van der Waals surface area contributed by atoms with Crippen molar-refractivity contribution in [2.75, 3.05) is 4.90 Å². The zero-order valence-electron chi connectivity index (χ0n) is 30.6. The van der Waals surface area contributed by atoms with Crippen LogP contribution in [0, 0.1) is 0 Å². The lowest BCUT2D eigenvalue weighted by molar-refractivity contribution is 0.632. The van der Waals surface area contributed by atoms with Gasteiger partial charge in [-0.15, -0.1) is 0 Å². The Bertz CT molecular complexity index is 3210. The average molecular weight is 714 g/mol. The van der Waals surface area contributed by atoms with E-state index in [0.717, 1.165) is 50.5 Å². The van der Waals surface area contributed by atoms with Crippen molar-refractivity contribution in [1.82, 2.24) is 0 Å². The van der Waals surface area contributed by atoms with Crippen LogP contribution in [0.5, 0.6) is 0 Å². The molecule has 56 heavy (non-hydrogen) atoms. The molecule has 0 saturated carbocycles. The average Bonchev–Trinajstić information content (AvgIpc) is 3.71. The molecule has 1 aromatic heterocycles. The molecule has 0 radical (unpaired) electrons. The Morgan fingerprint density at radius 1 is 0.286 bits per heavy atom. The summed E-state index contributed by atoms with van der Waals surface area (Å²) in [6, 6.07) is 76.5. The molecule has 0 unspecified atom stereocenters. The molecule has 0 aliphatic rings. The second-order valence-electron chi connectivity index (χ2n) is 14.5. The molecule has 0 fully saturated rings. The molecule has 10 aromatic carbocycles. The molecule has 0 aliphatic carbocycles. The summed E-state index contributed by atoms with van der Waals surface area (Å²) in [6.07, 6.45) is 0. The highest BCUT2D eigenvalue weighted by molar-refractivity contribution is 6.09. The Hall–Kier alpha value is -7.42. The van der Waals surface area contributed by atoms with E-state index in [9.17, 15) is 0 Å². The van der Waals surface area contributed by atoms with Crippen LogP contribution in [-0.2, 0) is 0 Å². The number of nitrogens with zero attached hydrogens (tertiary/aromatic N) is 1. The maximum atomic E-state index is 6.33. The van der Waals surface area contributed by atoms with Crippen molar-refractivity contribution in [3.8, 4) is 33.6 Å². The van der Waals surface area contributed by atoms with E-state index in [1.54, 1.807) is 0 Å². The van der Waals surface area contributed by atoms with Crippen LogP contribution in [0.15, 0.2) is 217 Å². The number of rotatable bonds is 6. The first-order valence-corrected chi connectivity index (χ1v) is 19.2. The van der Waals surface area contributed by atoms with Crippen LogP contribution in [0.2, 0.25) is 0 Å². The third-order valence-corrected chi connectivity index (χ3v) is 11.2. The fourth-order valence-corrected chi connectivity index (χ4v) is 8.44. The van der Waals surface area contributed by atoms with Gasteiger partial charge < -0.3 is 9.32 Å². The van der Waals surface area contributed by atoms with Gasteiger partial charge in [-0.05, 0) is 120 Å². The number of hydrogen-bond donors (Lipinski definition) is 0. The predicted octanol–water partition coefficient (Wildman–Crippen LogP) is 15.5. The summed E-state index contributed by atoms with van der Waals surface area (Å²) >= 11 is 0. The van der Waals surface area contributed by atoms with Gasteiger partial charge in [0.05, 0.1) is 0 Å². The Morgan fingerprint density at radius 3 is 1.45 bits per heavy atom. The van der Waals surface area contributed by atoms with Crippen molar-refractivity contribution in [2.45, 2.75) is 0 Å². The van der Waals surface area contributed by atoms with Crippen LogP contribution in [-0.4, -0.2) is 0 Å². The molecular formula is C54H35NO. The second kappa shape index (κ2) is 13.2. The van der Waals surface area contributed by atoms with E-state index in [0.29, 0.717) is 0 Å². The molecule has 1 heterocycles. The molecule has 0 aliphatic heterocycles. The van der Waals surface area contributed by atoms with E-state index in [2.05, 4.69) is 199 Å². The predicted molar refractivity (Wildman–Crippen MR) is 237 cm³/mol. The number of furan rings is 1. The minimum Gasteiger partial charge on any atom is -0.456 e. The van der Waals surface area contributed by atoms with Crippen LogP contribution in [0.4, 0.5) is 17.1 Å². The normalized spacial score (nSPS) is 11.6. The van der Waals surface area contributed by atoms with E-state index >= 15 is 0 Å². The van der Waals surface area contributed by atoms with E-state index in [4.69, 9.17) is 4.42 Å². The highest BCUT2D eigenvalue weighted by Gasteiger charge is 2.17. The third kappa shape index (κ3) is 5.51. The Kier molecular flexibility index (Phi) is 7.53. The summed E-state index contributed by atoms with van der Waals surface area (Å²) in [6.45, 7) is 0. The van der Waals surface area contributed by atoms with Gasteiger partial charge in [-0.3, -0.25) is 0 Å². The summed E-state index contributed by atoms with van der Waals surface area (Å²) in [5.74, 6) is 0.871. The molecule has 11 aromatic rings. The summed E-state index contributed by atoms with van der Waals surface area (Å²) in [4.78, 5) is 2.36. The van der Waals surface area contributed by atoms with Gasteiger partial charge in [-0.2, -0.15) is 0 Å². The van der Waals surface area contributed by atoms with Crippen molar-refractivity contribution in [2.24, 2.45) is 0 Å². The maximum Gasteiger partial charge on any atom is 0.136 e. The van der Waals surface area contributed by atoms with E-state index < -0.39 is 0 Å². The van der Waals surface area contributed by atoms with Crippen LogP contribution >= 0.6 is 0 Å². The first-order valence-electron chi connectivity index (χ1n) is 19.2. The standard InChI is InChI=1S/C54H35NO/c1-4-12-47-37(9-1)17-19-41-33-40(25-31-50(41)47)36-21-26-44(27-22-36)55(46-30-32-51-42(34-46)20-18-38-10-2-5-13-48(38)51)45-28-23-39(24-29-45)49-14-6-7-15-52(49)54-35-43-11-3-8-16-53(43)56-54/h1-35H. The number of benzene rings is 10. The van der Waals surface area contributed by atoms with Gasteiger partial charge in [0.2, 0.25) is 0 Å². The molecule has 0 spiro atoms. The van der Waals surface area contributed by atoms with Crippen LogP contribution in [0.3, 0.4) is 0 Å². The van der Waals surface area contributed by atoms with E-state index in [1.807, 2.05) is 18.2 Å². The van der Waals surface area contributed by atoms with Gasteiger partial charge in [0.1, 0.15) is 11.3 Å². The number of anilines is 3. The monoisotopic (exact) mass is 713 g/mol. The molecule has 0 N–H and O–H groups in total. The lowest BCUT2D eigenvalue weighted by atomic mass is 9.97. The molecule has 0 bridgehead atoms. The Balaban J connectivity index is 0.996. The number of para-hydroxylation sites is 1. The van der Waals surface area contributed by atoms with Crippen molar-refractivity contribution in [3.05, 3.63) is 212 Å². The van der Waals surface area contributed by atoms with E-state index in [-0.39, 0.29) is 0 Å². The maximum absolute atomic E-state index is 6.33. The second-order valence-corrected chi connectivity index (χ2v) is 14.5. The largest absolute Gasteiger partial charge is 0.456 e.